The van der Waals surface area contributed by atoms with E-state index in [0.717, 1.165) is 5.75 Å². The Balaban J connectivity index is 0.000000261. The first-order valence-corrected chi connectivity index (χ1v) is 4.55. The molecule has 1 rings (SSSR count). The highest BCUT2D eigenvalue weighted by Crippen LogP contribution is 2.00. The molecule has 66 valence electrons. The first-order valence-electron chi connectivity index (χ1n) is 3.51. The smallest absolute Gasteiger partial charge is 0.153 e. The summed E-state index contributed by atoms with van der Waals surface area (Å²) in [5.74, 6) is 0.834. The zero-order valence-corrected chi connectivity index (χ0v) is 8.61. The molecule has 0 atom stereocenters. The third-order valence-electron chi connectivity index (χ3n) is 1.03. The highest BCUT2D eigenvalue weighted by molar-refractivity contribution is 7.80. The van der Waals surface area contributed by atoms with Gasteiger partial charge in [0.05, 0.1) is 0 Å². The van der Waals surface area contributed by atoms with Gasteiger partial charge in [-0.25, -0.2) is 0 Å². The molecule has 0 saturated carbocycles. The third-order valence-corrected chi connectivity index (χ3v) is 1.39. The van der Waals surface area contributed by atoms with E-state index in [1.807, 2.05) is 18.2 Å². The Hall–Kier alpha value is -0.540. The van der Waals surface area contributed by atoms with Crippen LogP contribution in [0.5, 0.6) is 0 Å². The molecular weight excluding hydrogens is 188 g/mol. The van der Waals surface area contributed by atoms with Crippen molar-refractivity contribution in [2.45, 2.75) is 12.7 Å². The lowest BCUT2D eigenvalue weighted by Gasteiger charge is -1.89. The fraction of sp³-hybridized carbons (Fsp3) is 0.222. The monoisotopic (exact) mass is 200 g/mol. The Kier molecular flexibility index (Phi) is 6.81. The minimum atomic E-state index is 0.000000000000000222. The van der Waals surface area contributed by atoms with Crippen molar-refractivity contribution in [1.82, 2.24) is 0 Å². The van der Waals surface area contributed by atoms with Gasteiger partial charge in [0.25, 0.3) is 0 Å². The number of benzene rings is 1. The van der Waals surface area contributed by atoms with E-state index in [1.54, 1.807) is 0 Å². The molecule has 12 heavy (non-hydrogen) atoms. The van der Waals surface area contributed by atoms with Gasteiger partial charge in [-0.2, -0.15) is 12.6 Å². The number of hydrogen-bond donors (Lipinski definition) is 2. The van der Waals surface area contributed by atoms with E-state index < -0.39 is 0 Å². The molecule has 0 bridgehead atoms. The zero-order chi connectivity index (χ0) is 9.40. The van der Waals surface area contributed by atoms with Crippen LogP contribution in [0.3, 0.4) is 0 Å². The van der Waals surface area contributed by atoms with Crippen LogP contribution in [-0.2, 0) is 5.75 Å². The molecule has 0 aliphatic carbocycles. The Morgan fingerprint density at radius 1 is 1.42 bits per heavy atom. The van der Waals surface area contributed by atoms with Gasteiger partial charge in [0.2, 0.25) is 0 Å². The van der Waals surface area contributed by atoms with Gasteiger partial charge in [-0.1, -0.05) is 30.3 Å². The molecule has 1 aromatic carbocycles. The Morgan fingerprint density at radius 3 is 2.08 bits per heavy atom. The number of hydrogen-bond acceptors (Lipinski definition) is 2. The Labute approximate surface area is 83.8 Å². The molecule has 0 aliphatic heterocycles. The van der Waals surface area contributed by atoms with Crippen LogP contribution in [0.2, 0.25) is 0 Å². The maximum Gasteiger partial charge on any atom is 0.153 e. The summed E-state index contributed by atoms with van der Waals surface area (Å²) in [6.07, 6.45) is 0. The van der Waals surface area contributed by atoms with Gasteiger partial charge in [0.1, 0.15) is 0 Å². The summed E-state index contributed by atoms with van der Waals surface area (Å²) < 4.78 is 0. The van der Waals surface area contributed by atoms with Crippen LogP contribution >= 0.6 is 24.8 Å². The second kappa shape index (κ2) is 7.13. The Bertz CT molecular complexity index is 217. The molecule has 0 spiro atoms. The summed E-state index contributed by atoms with van der Waals surface area (Å²) in [6.45, 7) is 1.45. The number of thiocarbonyl (C=S) groups is 1. The van der Waals surface area contributed by atoms with Gasteiger partial charge in [0, 0.05) is 12.7 Å². The molecule has 0 heterocycles. The van der Waals surface area contributed by atoms with Crippen molar-refractivity contribution in [1.29, 1.82) is 0 Å². The van der Waals surface area contributed by atoms with E-state index in [-0.39, 0.29) is 5.05 Å². The van der Waals surface area contributed by atoms with Crippen molar-refractivity contribution in [2.75, 3.05) is 0 Å². The number of aliphatic hydroxyl groups is 1. The van der Waals surface area contributed by atoms with E-state index in [4.69, 9.17) is 5.11 Å². The SMILES string of the molecule is CC(O)=S.SCc1ccccc1. The molecule has 1 aromatic rings. The van der Waals surface area contributed by atoms with Crippen LogP contribution in [0.25, 0.3) is 0 Å². The lowest BCUT2D eigenvalue weighted by atomic mass is 10.2. The molecule has 0 radical (unpaired) electrons. The Morgan fingerprint density at radius 2 is 1.83 bits per heavy atom. The lowest BCUT2D eigenvalue weighted by Crippen LogP contribution is -1.72. The predicted octanol–water partition coefficient (Wildman–Crippen LogP) is 3.01. The van der Waals surface area contributed by atoms with E-state index in [0.29, 0.717) is 0 Å². The van der Waals surface area contributed by atoms with Crippen LogP contribution in [0.15, 0.2) is 30.3 Å². The normalized spacial score (nSPS) is 8.17. The summed E-state index contributed by atoms with van der Waals surface area (Å²) in [6, 6.07) is 10.2. The molecule has 0 unspecified atom stereocenters. The summed E-state index contributed by atoms with van der Waals surface area (Å²) >= 11 is 8.20. The van der Waals surface area contributed by atoms with Crippen LogP contribution < -0.4 is 0 Å². The molecule has 0 aromatic heterocycles. The van der Waals surface area contributed by atoms with Gasteiger partial charge in [-0.3, -0.25) is 0 Å². The van der Waals surface area contributed by atoms with Crippen molar-refractivity contribution < 1.29 is 5.11 Å². The standard InChI is InChI=1S/C7H8S.C2H4OS/c8-6-7-4-2-1-3-5-7;1-2(3)4/h1-5,8H,6H2;1H3,(H,3,4). The fourth-order valence-corrected chi connectivity index (χ4v) is 0.794. The minimum absolute atomic E-state index is 0.000000000000000222. The van der Waals surface area contributed by atoms with Gasteiger partial charge in [0.15, 0.2) is 5.05 Å². The second-order valence-corrected chi connectivity index (χ2v) is 3.07. The molecule has 0 saturated heterocycles. The molecule has 0 fully saturated rings. The average molecular weight is 200 g/mol. The van der Waals surface area contributed by atoms with Gasteiger partial charge in [-0.15, -0.1) is 0 Å². The van der Waals surface area contributed by atoms with E-state index in [1.165, 1.54) is 12.5 Å². The molecule has 3 heteroatoms. The average Bonchev–Trinajstić information content (AvgIpc) is 2.05. The van der Waals surface area contributed by atoms with Crippen molar-refractivity contribution >= 4 is 29.9 Å². The minimum Gasteiger partial charge on any atom is -0.502 e. The van der Waals surface area contributed by atoms with E-state index >= 15 is 0 Å². The molecule has 1 N–H and O–H groups in total. The largest absolute Gasteiger partial charge is 0.502 e. The van der Waals surface area contributed by atoms with E-state index in [2.05, 4.69) is 37.0 Å². The van der Waals surface area contributed by atoms with Gasteiger partial charge in [-0.05, 0) is 17.8 Å². The molecule has 0 amide bonds. The second-order valence-electron chi connectivity index (χ2n) is 2.16. The zero-order valence-electron chi connectivity index (χ0n) is 6.90. The van der Waals surface area contributed by atoms with Gasteiger partial charge < -0.3 is 5.11 Å². The molecule has 1 nitrogen and oxygen atoms in total. The van der Waals surface area contributed by atoms with Crippen LogP contribution in [-0.4, -0.2) is 10.2 Å². The molecular formula is C9H12OS2. The van der Waals surface area contributed by atoms with Gasteiger partial charge >= 0.3 is 0 Å². The lowest BCUT2D eigenvalue weighted by molar-refractivity contribution is 0.565. The highest BCUT2D eigenvalue weighted by atomic mass is 32.1. The van der Waals surface area contributed by atoms with Crippen LogP contribution in [0.4, 0.5) is 0 Å². The summed E-state index contributed by atoms with van der Waals surface area (Å²) in [5.41, 5.74) is 1.27. The van der Waals surface area contributed by atoms with Crippen molar-refractivity contribution in [3.63, 3.8) is 0 Å². The first-order chi connectivity index (χ1) is 5.66. The summed E-state index contributed by atoms with van der Waals surface area (Å²) in [4.78, 5) is 0. The number of rotatable bonds is 1. The summed E-state index contributed by atoms with van der Waals surface area (Å²) in [7, 11) is 0. The van der Waals surface area contributed by atoms with Crippen LogP contribution in [0.1, 0.15) is 12.5 Å². The van der Waals surface area contributed by atoms with Crippen molar-refractivity contribution in [3.8, 4) is 0 Å². The predicted molar refractivity (Wildman–Crippen MR) is 60.0 cm³/mol. The maximum absolute atomic E-state index is 7.79. The first kappa shape index (κ1) is 11.5. The fourth-order valence-electron chi connectivity index (χ4n) is 0.583. The molecule has 0 aliphatic rings. The third kappa shape index (κ3) is 7.57. The highest BCUT2D eigenvalue weighted by Gasteiger charge is 1.80. The topological polar surface area (TPSA) is 20.2 Å². The summed E-state index contributed by atoms with van der Waals surface area (Å²) in [5, 5.41) is 7.79. The van der Waals surface area contributed by atoms with Crippen LogP contribution in [0, 0.1) is 0 Å². The number of aliphatic hydroxyl groups excluding tert-OH is 1. The van der Waals surface area contributed by atoms with Crippen molar-refractivity contribution in [2.24, 2.45) is 0 Å². The quantitative estimate of drug-likeness (QED) is 0.537. The maximum atomic E-state index is 7.79. The number of thiol groups is 1. The van der Waals surface area contributed by atoms with Crippen molar-refractivity contribution in [3.05, 3.63) is 35.9 Å². The van der Waals surface area contributed by atoms with E-state index in [9.17, 15) is 0 Å².